The maximum atomic E-state index is 12.5. The van der Waals surface area contributed by atoms with Crippen molar-refractivity contribution in [3.8, 4) is 0 Å². The van der Waals surface area contributed by atoms with Gasteiger partial charge in [0, 0.05) is 22.9 Å². The van der Waals surface area contributed by atoms with E-state index in [-0.39, 0.29) is 6.03 Å². The molecule has 0 spiro atoms. The lowest BCUT2D eigenvalue weighted by Gasteiger charge is -2.19. The van der Waals surface area contributed by atoms with E-state index in [1.807, 2.05) is 24.7 Å². The van der Waals surface area contributed by atoms with Crippen molar-refractivity contribution in [3.05, 3.63) is 33.6 Å². The van der Waals surface area contributed by atoms with E-state index in [1.54, 1.807) is 16.2 Å². The number of aromatic nitrogens is 2. The van der Waals surface area contributed by atoms with Crippen LogP contribution in [-0.4, -0.2) is 27.8 Å². The lowest BCUT2D eigenvalue weighted by Crippen LogP contribution is -2.31. The Morgan fingerprint density at radius 2 is 2.22 bits per heavy atom. The van der Waals surface area contributed by atoms with Crippen LogP contribution in [0, 0.1) is 19.8 Å². The van der Waals surface area contributed by atoms with Crippen molar-refractivity contribution in [2.24, 2.45) is 5.92 Å². The van der Waals surface area contributed by atoms with Crippen LogP contribution in [-0.2, 0) is 6.54 Å². The molecule has 0 radical (unpaired) electrons. The average Bonchev–Trinajstić information content (AvgIpc) is 3.18. The predicted octanol–water partition coefficient (Wildman–Crippen LogP) is 4.20. The van der Waals surface area contributed by atoms with Gasteiger partial charge in [0.15, 0.2) is 0 Å². The second kappa shape index (κ2) is 6.35. The van der Waals surface area contributed by atoms with E-state index in [1.165, 1.54) is 22.6 Å². The fraction of sp³-hybridized carbons (Fsp3) is 0.529. The Balaban J connectivity index is 1.67. The van der Waals surface area contributed by atoms with Crippen molar-refractivity contribution >= 4 is 23.2 Å². The molecular formula is C17H24N4OS. The fourth-order valence-corrected chi connectivity index (χ4v) is 3.72. The molecule has 1 N–H and O–H groups in total. The van der Waals surface area contributed by atoms with Crippen LogP contribution in [0.25, 0.3) is 0 Å². The molecule has 23 heavy (non-hydrogen) atoms. The summed E-state index contributed by atoms with van der Waals surface area (Å²) in [5.74, 6) is 1.48. The number of hydrogen-bond acceptors (Lipinski definition) is 3. The number of aryl methyl sites for hydroxylation is 2. The minimum absolute atomic E-state index is 0.0970. The summed E-state index contributed by atoms with van der Waals surface area (Å²) in [5, 5.41) is 7.57. The number of anilines is 1. The van der Waals surface area contributed by atoms with Crippen molar-refractivity contribution in [3.63, 3.8) is 0 Å². The van der Waals surface area contributed by atoms with E-state index in [0.29, 0.717) is 18.5 Å². The molecule has 6 heteroatoms. The van der Waals surface area contributed by atoms with Gasteiger partial charge in [0.25, 0.3) is 0 Å². The van der Waals surface area contributed by atoms with Crippen LogP contribution in [0.1, 0.15) is 41.3 Å². The standard InChI is InChI=1S/C17H24N4OS/c1-11-9-16(21(19-11)13(3)14-6-7-14)18-17(22)20(4)10-15-8-5-12(2)23-15/h5,8-9,13-14H,6-7,10H2,1-4H3,(H,18,22)/t13-/m1/s1. The number of rotatable bonds is 5. The van der Waals surface area contributed by atoms with Crippen LogP contribution in [0.2, 0.25) is 0 Å². The van der Waals surface area contributed by atoms with Crippen LogP contribution < -0.4 is 5.32 Å². The van der Waals surface area contributed by atoms with Crippen molar-refractivity contribution in [2.75, 3.05) is 12.4 Å². The zero-order chi connectivity index (χ0) is 16.6. The molecule has 0 aliphatic heterocycles. The monoisotopic (exact) mass is 332 g/mol. The first-order valence-corrected chi connectivity index (χ1v) is 8.89. The molecule has 0 aromatic carbocycles. The van der Waals surface area contributed by atoms with Gasteiger partial charge in [-0.15, -0.1) is 11.3 Å². The summed E-state index contributed by atoms with van der Waals surface area (Å²) >= 11 is 1.72. The van der Waals surface area contributed by atoms with Gasteiger partial charge in [-0.05, 0) is 51.7 Å². The summed E-state index contributed by atoms with van der Waals surface area (Å²) in [6.45, 7) is 6.84. The molecule has 2 amide bonds. The smallest absolute Gasteiger partial charge is 0.322 e. The number of thiophene rings is 1. The Hall–Kier alpha value is -1.82. The van der Waals surface area contributed by atoms with Gasteiger partial charge < -0.3 is 4.90 Å². The summed E-state index contributed by atoms with van der Waals surface area (Å²) in [7, 11) is 1.82. The zero-order valence-electron chi connectivity index (χ0n) is 14.2. The molecule has 2 aromatic rings. The van der Waals surface area contributed by atoms with Crippen molar-refractivity contribution in [2.45, 2.75) is 46.2 Å². The third-order valence-corrected chi connectivity index (χ3v) is 5.30. The zero-order valence-corrected chi connectivity index (χ0v) is 15.0. The van der Waals surface area contributed by atoms with Gasteiger partial charge in [-0.3, -0.25) is 5.32 Å². The molecule has 5 nitrogen and oxygen atoms in total. The van der Waals surface area contributed by atoms with E-state index in [9.17, 15) is 4.79 Å². The average molecular weight is 332 g/mol. The van der Waals surface area contributed by atoms with Crippen LogP contribution >= 0.6 is 11.3 Å². The number of hydrogen-bond donors (Lipinski definition) is 1. The molecule has 1 aliphatic rings. The lowest BCUT2D eigenvalue weighted by atomic mass is 10.2. The second-order valence-corrected chi connectivity index (χ2v) is 7.86. The number of carbonyl (C=O) groups excluding carboxylic acids is 1. The summed E-state index contributed by atoms with van der Waals surface area (Å²) in [6.07, 6.45) is 2.51. The minimum atomic E-state index is -0.0970. The van der Waals surface area contributed by atoms with Crippen LogP contribution in [0.4, 0.5) is 10.6 Å². The Morgan fingerprint density at radius 3 is 2.83 bits per heavy atom. The first kappa shape index (κ1) is 16.1. The third-order valence-electron chi connectivity index (χ3n) is 4.32. The van der Waals surface area contributed by atoms with Gasteiger partial charge in [0.1, 0.15) is 5.82 Å². The van der Waals surface area contributed by atoms with Crippen molar-refractivity contribution < 1.29 is 4.79 Å². The summed E-state index contributed by atoms with van der Waals surface area (Å²) < 4.78 is 1.97. The Labute approximate surface area is 141 Å². The molecule has 0 bridgehead atoms. The van der Waals surface area contributed by atoms with Gasteiger partial charge in [-0.2, -0.15) is 5.10 Å². The molecule has 1 saturated carbocycles. The summed E-state index contributed by atoms with van der Waals surface area (Å²) in [6, 6.07) is 6.35. The highest BCUT2D eigenvalue weighted by Crippen LogP contribution is 2.40. The van der Waals surface area contributed by atoms with Crippen LogP contribution in [0.5, 0.6) is 0 Å². The van der Waals surface area contributed by atoms with Crippen LogP contribution in [0.3, 0.4) is 0 Å². The normalized spacial score (nSPS) is 15.5. The largest absolute Gasteiger partial charge is 0.323 e. The highest BCUT2D eigenvalue weighted by atomic mass is 32.1. The fourth-order valence-electron chi connectivity index (χ4n) is 2.78. The molecule has 2 aromatic heterocycles. The second-order valence-electron chi connectivity index (χ2n) is 6.49. The van der Waals surface area contributed by atoms with E-state index >= 15 is 0 Å². The first-order valence-electron chi connectivity index (χ1n) is 8.07. The molecular weight excluding hydrogens is 308 g/mol. The molecule has 124 valence electrons. The number of urea groups is 1. The maximum absolute atomic E-state index is 12.5. The van der Waals surface area contributed by atoms with E-state index in [0.717, 1.165) is 11.5 Å². The van der Waals surface area contributed by atoms with Crippen molar-refractivity contribution in [1.29, 1.82) is 0 Å². The molecule has 3 rings (SSSR count). The third kappa shape index (κ3) is 3.75. The molecule has 0 unspecified atom stereocenters. The summed E-state index contributed by atoms with van der Waals surface area (Å²) in [4.78, 5) is 16.6. The molecule has 2 heterocycles. The maximum Gasteiger partial charge on any atom is 0.323 e. The Bertz CT molecular complexity index is 701. The van der Waals surface area contributed by atoms with Gasteiger partial charge in [-0.1, -0.05) is 0 Å². The number of amides is 2. The highest BCUT2D eigenvalue weighted by Gasteiger charge is 2.31. The van der Waals surface area contributed by atoms with Gasteiger partial charge in [-0.25, -0.2) is 9.48 Å². The van der Waals surface area contributed by atoms with Gasteiger partial charge in [0.2, 0.25) is 0 Å². The Morgan fingerprint density at radius 1 is 1.48 bits per heavy atom. The molecule has 1 atom stereocenters. The topological polar surface area (TPSA) is 50.2 Å². The van der Waals surface area contributed by atoms with E-state index < -0.39 is 0 Å². The lowest BCUT2D eigenvalue weighted by molar-refractivity contribution is 0.220. The quantitative estimate of drug-likeness (QED) is 0.892. The Kier molecular flexibility index (Phi) is 4.43. The van der Waals surface area contributed by atoms with E-state index in [4.69, 9.17) is 0 Å². The SMILES string of the molecule is Cc1cc(NC(=O)N(C)Cc2ccc(C)s2)n([C@H](C)C2CC2)n1. The number of nitrogens with one attached hydrogen (secondary N) is 1. The summed E-state index contributed by atoms with van der Waals surface area (Å²) in [5.41, 5.74) is 0.935. The van der Waals surface area contributed by atoms with Gasteiger partial charge in [0.05, 0.1) is 18.3 Å². The number of carbonyl (C=O) groups is 1. The predicted molar refractivity (Wildman–Crippen MR) is 93.9 cm³/mol. The van der Waals surface area contributed by atoms with Gasteiger partial charge >= 0.3 is 6.03 Å². The molecule has 0 saturated heterocycles. The molecule has 1 fully saturated rings. The highest BCUT2D eigenvalue weighted by molar-refractivity contribution is 7.11. The van der Waals surface area contributed by atoms with Crippen LogP contribution in [0.15, 0.2) is 18.2 Å². The minimum Gasteiger partial charge on any atom is -0.322 e. The first-order chi connectivity index (χ1) is 10.9. The number of nitrogens with zero attached hydrogens (tertiary/aromatic N) is 3. The van der Waals surface area contributed by atoms with E-state index in [2.05, 4.69) is 36.4 Å². The molecule has 1 aliphatic carbocycles. The van der Waals surface area contributed by atoms with Crippen molar-refractivity contribution in [1.82, 2.24) is 14.7 Å².